The maximum Gasteiger partial charge on any atom is 0.456 e. The molecule has 6 heteroatoms. The second kappa shape index (κ2) is 5.80. The Morgan fingerprint density at radius 1 is 1.11 bits per heavy atom. The molecule has 0 spiro atoms. The highest BCUT2D eigenvalue weighted by atomic mass is 19.4. The van der Waals surface area contributed by atoms with Crippen molar-refractivity contribution in [2.24, 2.45) is 23.2 Å². The first-order valence-electron chi connectivity index (χ1n) is 10.0. The first kappa shape index (κ1) is 19.4. The van der Waals surface area contributed by atoms with Gasteiger partial charge in [0.2, 0.25) is 0 Å². The SMILES string of the molecule is CC1C[C@@]2(C)C(CCC2(O)C(F)(F)C(F)(F)F)C2CCC3=CCCCC3=C12. The maximum absolute atomic E-state index is 14.5. The second-order valence-electron chi connectivity index (χ2n) is 9.30. The lowest BCUT2D eigenvalue weighted by Gasteiger charge is -2.55. The van der Waals surface area contributed by atoms with E-state index in [-0.39, 0.29) is 30.6 Å². The molecule has 27 heavy (non-hydrogen) atoms. The molecule has 2 saturated carbocycles. The van der Waals surface area contributed by atoms with E-state index in [1.165, 1.54) is 23.6 Å². The van der Waals surface area contributed by atoms with Gasteiger partial charge in [0.1, 0.15) is 5.60 Å². The molecule has 152 valence electrons. The minimum absolute atomic E-state index is 0.0158. The van der Waals surface area contributed by atoms with Gasteiger partial charge in [-0.25, -0.2) is 0 Å². The zero-order valence-electron chi connectivity index (χ0n) is 15.8. The van der Waals surface area contributed by atoms with Gasteiger partial charge < -0.3 is 5.11 Å². The molecule has 0 radical (unpaired) electrons. The normalized spacial score (nSPS) is 42.4. The fourth-order valence-corrected chi connectivity index (χ4v) is 6.93. The minimum atomic E-state index is -5.74. The molecule has 0 bridgehead atoms. The van der Waals surface area contributed by atoms with Crippen LogP contribution in [0.25, 0.3) is 0 Å². The first-order valence-corrected chi connectivity index (χ1v) is 10.0. The van der Waals surface area contributed by atoms with Gasteiger partial charge in [-0.15, -0.1) is 0 Å². The van der Waals surface area contributed by atoms with Gasteiger partial charge in [-0.2, -0.15) is 22.0 Å². The van der Waals surface area contributed by atoms with Crippen molar-refractivity contribution in [2.75, 3.05) is 0 Å². The summed E-state index contributed by atoms with van der Waals surface area (Å²) in [6.45, 7) is 3.42. The van der Waals surface area contributed by atoms with Gasteiger partial charge in [0, 0.05) is 5.41 Å². The van der Waals surface area contributed by atoms with Gasteiger partial charge in [0.25, 0.3) is 0 Å². The summed E-state index contributed by atoms with van der Waals surface area (Å²) < 4.78 is 68.5. The van der Waals surface area contributed by atoms with E-state index >= 15 is 0 Å². The predicted octanol–water partition coefficient (Wildman–Crippen LogP) is 6.19. The van der Waals surface area contributed by atoms with E-state index in [0.717, 1.165) is 32.1 Å². The van der Waals surface area contributed by atoms with Gasteiger partial charge in [-0.3, -0.25) is 0 Å². The number of hydrogen-bond acceptors (Lipinski definition) is 1. The van der Waals surface area contributed by atoms with Crippen LogP contribution in [-0.4, -0.2) is 22.8 Å². The largest absolute Gasteiger partial charge is 0.456 e. The van der Waals surface area contributed by atoms with E-state index in [0.29, 0.717) is 0 Å². The number of allylic oxidation sites excluding steroid dienone is 4. The van der Waals surface area contributed by atoms with Gasteiger partial charge in [0.15, 0.2) is 0 Å². The molecule has 0 aliphatic heterocycles. The molecule has 4 rings (SSSR count). The average molecular weight is 390 g/mol. The van der Waals surface area contributed by atoms with E-state index in [4.69, 9.17) is 0 Å². The third-order valence-electron chi connectivity index (χ3n) is 8.08. The van der Waals surface area contributed by atoms with Crippen LogP contribution in [0.1, 0.15) is 65.2 Å². The van der Waals surface area contributed by atoms with Crippen molar-refractivity contribution in [1.29, 1.82) is 0 Å². The van der Waals surface area contributed by atoms with Crippen LogP contribution >= 0.6 is 0 Å². The maximum atomic E-state index is 14.5. The molecular weight excluding hydrogens is 363 g/mol. The Morgan fingerprint density at radius 2 is 1.81 bits per heavy atom. The van der Waals surface area contributed by atoms with Crippen LogP contribution in [0.2, 0.25) is 0 Å². The monoisotopic (exact) mass is 390 g/mol. The molecule has 1 nitrogen and oxygen atoms in total. The first-order chi connectivity index (χ1) is 12.4. The summed E-state index contributed by atoms with van der Waals surface area (Å²) in [7, 11) is 0. The lowest BCUT2D eigenvalue weighted by molar-refractivity contribution is -0.362. The van der Waals surface area contributed by atoms with Crippen molar-refractivity contribution in [2.45, 2.75) is 82.9 Å². The average Bonchev–Trinajstić information content (AvgIpc) is 2.86. The van der Waals surface area contributed by atoms with E-state index in [1.54, 1.807) is 0 Å². The minimum Gasteiger partial charge on any atom is -0.383 e. The third-order valence-corrected chi connectivity index (χ3v) is 8.08. The highest BCUT2D eigenvalue weighted by Crippen LogP contribution is 2.69. The Labute approximate surface area is 156 Å². The Bertz CT molecular complexity index is 706. The van der Waals surface area contributed by atoms with Crippen LogP contribution in [0.15, 0.2) is 22.8 Å². The highest BCUT2D eigenvalue weighted by molar-refractivity contribution is 5.44. The van der Waals surface area contributed by atoms with Crippen molar-refractivity contribution in [1.82, 2.24) is 0 Å². The zero-order valence-corrected chi connectivity index (χ0v) is 15.8. The van der Waals surface area contributed by atoms with Gasteiger partial charge in [0.05, 0.1) is 0 Å². The van der Waals surface area contributed by atoms with Crippen molar-refractivity contribution in [3.05, 3.63) is 22.8 Å². The molecule has 4 unspecified atom stereocenters. The summed E-state index contributed by atoms with van der Waals surface area (Å²) in [5.74, 6) is -5.49. The number of hydrogen-bond donors (Lipinski definition) is 1. The van der Waals surface area contributed by atoms with Crippen molar-refractivity contribution in [3.63, 3.8) is 0 Å². The second-order valence-corrected chi connectivity index (χ2v) is 9.30. The van der Waals surface area contributed by atoms with Crippen molar-refractivity contribution < 1.29 is 27.1 Å². The van der Waals surface area contributed by atoms with Gasteiger partial charge in [-0.1, -0.05) is 25.5 Å². The van der Waals surface area contributed by atoms with E-state index in [1.807, 2.05) is 6.92 Å². The summed E-state index contributed by atoms with van der Waals surface area (Å²) >= 11 is 0. The summed E-state index contributed by atoms with van der Waals surface area (Å²) in [6, 6.07) is 0. The van der Waals surface area contributed by atoms with Crippen LogP contribution in [0.4, 0.5) is 22.0 Å². The Kier molecular flexibility index (Phi) is 4.17. The van der Waals surface area contributed by atoms with Crippen LogP contribution in [-0.2, 0) is 0 Å². The van der Waals surface area contributed by atoms with E-state index in [9.17, 15) is 27.1 Å². The van der Waals surface area contributed by atoms with E-state index in [2.05, 4.69) is 6.08 Å². The Morgan fingerprint density at radius 3 is 2.48 bits per heavy atom. The molecule has 4 aliphatic rings. The third kappa shape index (κ3) is 2.37. The molecule has 0 aromatic carbocycles. The summed E-state index contributed by atoms with van der Waals surface area (Å²) in [4.78, 5) is 0. The molecule has 0 amide bonds. The van der Waals surface area contributed by atoms with Crippen LogP contribution in [0, 0.1) is 23.2 Å². The van der Waals surface area contributed by atoms with Crippen LogP contribution in [0.5, 0.6) is 0 Å². The fraction of sp³-hybridized carbons (Fsp3) is 0.810. The molecule has 0 aromatic rings. The number of halogens is 5. The molecular formula is C21H27F5O. The molecule has 2 fully saturated rings. The summed E-state index contributed by atoms with van der Waals surface area (Å²) in [6.07, 6.45) is 1.22. The molecule has 5 atom stereocenters. The lowest BCUT2D eigenvalue weighted by Crippen LogP contribution is -2.65. The smallest absolute Gasteiger partial charge is 0.383 e. The van der Waals surface area contributed by atoms with Crippen LogP contribution in [0.3, 0.4) is 0 Å². The Balaban J connectivity index is 1.79. The fourth-order valence-electron chi connectivity index (χ4n) is 6.93. The summed E-state index contributed by atoms with van der Waals surface area (Å²) in [5, 5.41) is 10.9. The Hall–Kier alpha value is -0.910. The van der Waals surface area contributed by atoms with Crippen molar-refractivity contribution in [3.8, 4) is 0 Å². The standard InChI is InChI=1S/C21H27F5O/c1-12-11-18(2)16(9-10-19(18,27)20(22,23)21(24,25)26)15-8-7-13-5-3-4-6-14(13)17(12)15/h5,12,15-16,27H,3-4,6-11H2,1-2H3/t12?,15?,16?,18-,19?/m0/s1. The molecule has 0 aromatic heterocycles. The van der Waals surface area contributed by atoms with Crippen molar-refractivity contribution >= 4 is 0 Å². The van der Waals surface area contributed by atoms with E-state index < -0.39 is 29.5 Å². The topological polar surface area (TPSA) is 20.2 Å². The van der Waals surface area contributed by atoms with Gasteiger partial charge in [-0.05, 0) is 80.3 Å². The molecule has 0 saturated heterocycles. The number of fused-ring (bicyclic) bond motifs is 4. The molecule has 4 aliphatic carbocycles. The number of rotatable bonds is 1. The number of aliphatic hydroxyl groups is 1. The number of alkyl halides is 5. The zero-order chi connectivity index (χ0) is 19.8. The quantitative estimate of drug-likeness (QED) is 0.530. The predicted molar refractivity (Wildman–Crippen MR) is 92.2 cm³/mol. The van der Waals surface area contributed by atoms with Gasteiger partial charge >= 0.3 is 12.1 Å². The van der Waals surface area contributed by atoms with Crippen LogP contribution < -0.4 is 0 Å². The molecule has 1 N–H and O–H groups in total. The summed E-state index contributed by atoms with van der Waals surface area (Å²) in [5.41, 5.74) is -0.484. The molecule has 0 heterocycles. The lowest BCUT2D eigenvalue weighted by atomic mass is 9.51. The highest BCUT2D eigenvalue weighted by Gasteiger charge is 2.78.